The molecule has 0 radical (unpaired) electrons. The van der Waals surface area contributed by atoms with Gasteiger partial charge in [-0.1, -0.05) is 19.8 Å². The molecule has 1 fully saturated rings. The first kappa shape index (κ1) is 14.3. The highest BCUT2D eigenvalue weighted by Crippen LogP contribution is 2.23. The van der Waals surface area contributed by atoms with Crippen molar-refractivity contribution >= 4 is 0 Å². The van der Waals surface area contributed by atoms with Crippen LogP contribution in [0.25, 0.3) is 0 Å². The highest BCUT2D eigenvalue weighted by Gasteiger charge is 2.20. The van der Waals surface area contributed by atoms with E-state index in [1.807, 2.05) is 0 Å². The Morgan fingerprint density at radius 1 is 1.26 bits per heavy atom. The lowest BCUT2D eigenvalue weighted by Gasteiger charge is -2.29. The summed E-state index contributed by atoms with van der Waals surface area (Å²) in [7, 11) is 0. The molecule has 0 spiro atoms. The molecule has 2 nitrogen and oxygen atoms in total. The number of nitrogens with one attached hydrogen (secondary N) is 1. The van der Waals surface area contributed by atoms with Crippen molar-refractivity contribution in [3.8, 4) is 5.75 Å². The zero-order valence-corrected chi connectivity index (χ0v) is 11.3. The molecule has 0 aromatic heterocycles. The minimum atomic E-state index is -0.647. The monoisotopic (exact) mass is 269 g/mol. The van der Waals surface area contributed by atoms with Crippen molar-refractivity contribution in [1.29, 1.82) is 0 Å². The van der Waals surface area contributed by atoms with Crippen LogP contribution in [0.15, 0.2) is 18.2 Å². The summed E-state index contributed by atoms with van der Waals surface area (Å²) in [6.07, 6.45) is 5.06. The first-order valence-corrected chi connectivity index (χ1v) is 6.98. The van der Waals surface area contributed by atoms with Gasteiger partial charge in [0.05, 0.1) is 0 Å². The van der Waals surface area contributed by atoms with Gasteiger partial charge in [0, 0.05) is 18.7 Å². The van der Waals surface area contributed by atoms with Gasteiger partial charge in [0.2, 0.25) is 0 Å². The topological polar surface area (TPSA) is 21.3 Å². The maximum atomic E-state index is 13.3. The van der Waals surface area contributed by atoms with E-state index in [2.05, 4.69) is 12.2 Å². The van der Waals surface area contributed by atoms with Gasteiger partial charge in [-0.2, -0.15) is 0 Å². The van der Waals surface area contributed by atoms with Crippen molar-refractivity contribution < 1.29 is 13.5 Å². The summed E-state index contributed by atoms with van der Waals surface area (Å²) in [5, 5.41) is 3.45. The van der Waals surface area contributed by atoms with Crippen molar-refractivity contribution in [2.75, 3.05) is 13.2 Å². The maximum absolute atomic E-state index is 13.3. The van der Waals surface area contributed by atoms with Crippen LogP contribution < -0.4 is 10.1 Å². The molecular weight excluding hydrogens is 248 g/mol. The second-order valence-corrected chi connectivity index (χ2v) is 5.25. The quantitative estimate of drug-likeness (QED) is 0.826. The maximum Gasteiger partial charge on any atom is 0.167 e. The van der Waals surface area contributed by atoms with Gasteiger partial charge in [-0.3, -0.25) is 0 Å². The standard InChI is InChI=1S/C15H21F2NO/c1-11-4-2-3-5-14(11)18-8-9-19-15-7-6-12(16)10-13(15)17/h6-7,10-11,14,18H,2-5,8-9H2,1H3. The summed E-state index contributed by atoms with van der Waals surface area (Å²) >= 11 is 0. The van der Waals surface area contributed by atoms with Gasteiger partial charge in [0.1, 0.15) is 12.4 Å². The van der Waals surface area contributed by atoms with E-state index in [0.29, 0.717) is 25.1 Å². The molecule has 0 aliphatic heterocycles. The lowest BCUT2D eigenvalue weighted by atomic mass is 9.86. The number of halogens is 2. The molecule has 4 heteroatoms. The third kappa shape index (κ3) is 4.16. The highest BCUT2D eigenvalue weighted by molar-refractivity contribution is 5.24. The van der Waals surface area contributed by atoms with Gasteiger partial charge in [-0.05, 0) is 30.9 Å². The molecule has 0 saturated heterocycles. The van der Waals surface area contributed by atoms with Crippen LogP contribution in [0.3, 0.4) is 0 Å². The molecule has 0 heterocycles. The first-order chi connectivity index (χ1) is 9.16. The summed E-state index contributed by atoms with van der Waals surface area (Å²) < 4.78 is 31.3. The number of ether oxygens (including phenoxy) is 1. The Balaban J connectivity index is 1.71. The molecular formula is C15H21F2NO. The Labute approximate surface area is 113 Å². The molecule has 106 valence electrons. The Bertz CT molecular complexity index is 411. The zero-order valence-electron chi connectivity index (χ0n) is 11.3. The number of benzene rings is 1. The van der Waals surface area contributed by atoms with Crippen LogP contribution in [0.5, 0.6) is 5.75 Å². The second-order valence-electron chi connectivity index (χ2n) is 5.25. The highest BCUT2D eigenvalue weighted by atomic mass is 19.1. The number of hydrogen-bond acceptors (Lipinski definition) is 2. The van der Waals surface area contributed by atoms with Crippen LogP contribution >= 0.6 is 0 Å². The Kier molecular flexibility index (Phi) is 5.14. The van der Waals surface area contributed by atoms with Crippen molar-refractivity contribution in [3.05, 3.63) is 29.8 Å². The summed E-state index contributed by atoms with van der Waals surface area (Å²) in [6, 6.07) is 3.91. The molecule has 1 saturated carbocycles. The van der Waals surface area contributed by atoms with Gasteiger partial charge in [-0.15, -0.1) is 0 Å². The van der Waals surface area contributed by atoms with Crippen LogP contribution in [0.4, 0.5) is 8.78 Å². The van der Waals surface area contributed by atoms with E-state index in [9.17, 15) is 8.78 Å². The van der Waals surface area contributed by atoms with Gasteiger partial charge >= 0.3 is 0 Å². The molecule has 0 bridgehead atoms. The third-order valence-corrected chi connectivity index (χ3v) is 3.77. The predicted octanol–water partition coefficient (Wildman–Crippen LogP) is 3.51. The summed E-state index contributed by atoms with van der Waals surface area (Å²) in [6.45, 7) is 3.34. The van der Waals surface area contributed by atoms with Gasteiger partial charge in [0.25, 0.3) is 0 Å². The van der Waals surface area contributed by atoms with Crippen LogP contribution in [-0.4, -0.2) is 19.2 Å². The first-order valence-electron chi connectivity index (χ1n) is 6.98. The van der Waals surface area contributed by atoms with Crippen molar-refractivity contribution in [1.82, 2.24) is 5.32 Å². The van der Waals surface area contributed by atoms with E-state index in [4.69, 9.17) is 4.74 Å². The lowest BCUT2D eigenvalue weighted by molar-refractivity contribution is 0.246. The smallest absolute Gasteiger partial charge is 0.167 e. The van der Waals surface area contributed by atoms with E-state index >= 15 is 0 Å². The van der Waals surface area contributed by atoms with Crippen molar-refractivity contribution in [2.45, 2.75) is 38.6 Å². The minimum absolute atomic E-state index is 0.111. The average molecular weight is 269 g/mol. The molecule has 1 aliphatic carbocycles. The largest absolute Gasteiger partial charge is 0.489 e. The van der Waals surface area contributed by atoms with Crippen molar-refractivity contribution in [3.63, 3.8) is 0 Å². The number of rotatable bonds is 5. The van der Waals surface area contributed by atoms with E-state index in [-0.39, 0.29) is 5.75 Å². The fourth-order valence-electron chi connectivity index (χ4n) is 2.62. The fraction of sp³-hybridized carbons (Fsp3) is 0.600. The Morgan fingerprint density at radius 3 is 2.79 bits per heavy atom. The van der Waals surface area contributed by atoms with Crippen LogP contribution in [0, 0.1) is 17.6 Å². The second kappa shape index (κ2) is 6.85. The molecule has 2 atom stereocenters. The minimum Gasteiger partial charge on any atom is -0.489 e. The van der Waals surface area contributed by atoms with E-state index < -0.39 is 11.6 Å². The van der Waals surface area contributed by atoms with Crippen LogP contribution in [0.2, 0.25) is 0 Å². The number of hydrogen-bond donors (Lipinski definition) is 1. The molecule has 1 aromatic carbocycles. The molecule has 2 rings (SSSR count). The van der Waals surface area contributed by atoms with E-state index in [1.54, 1.807) is 0 Å². The molecule has 1 aromatic rings. The van der Waals surface area contributed by atoms with Crippen LogP contribution in [-0.2, 0) is 0 Å². The van der Waals surface area contributed by atoms with Crippen molar-refractivity contribution in [2.24, 2.45) is 5.92 Å². The molecule has 0 amide bonds. The zero-order chi connectivity index (χ0) is 13.7. The summed E-state index contributed by atoms with van der Waals surface area (Å²) in [5.74, 6) is -0.429. The third-order valence-electron chi connectivity index (χ3n) is 3.77. The summed E-state index contributed by atoms with van der Waals surface area (Å²) in [5.41, 5.74) is 0. The summed E-state index contributed by atoms with van der Waals surface area (Å²) in [4.78, 5) is 0. The average Bonchev–Trinajstić information content (AvgIpc) is 2.38. The van der Waals surface area contributed by atoms with Crippen LogP contribution in [0.1, 0.15) is 32.6 Å². The predicted molar refractivity (Wildman–Crippen MR) is 71.3 cm³/mol. The molecule has 19 heavy (non-hydrogen) atoms. The molecule has 1 N–H and O–H groups in total. The van der Waals surface area contributed by atoms with E-state index in [1.165, 1.54) is 37.8 Å². The van der Waals surface area contributed by atoms with Gasteiger partial charge in [-0.25, -0.2) is 8.78 Å². The molecule has 2 unspecified atom stereocenters. The molecule has 1 aliphatic rings. The Hall–Kier alpha value is -1.16. The van der Waals surface area contributed by atoms with Gasteiger partial charge in [0.15, 0.2) is 11.6 Å². The fourth-order valence-corrected chi connectivity index (χ4v) is 2.62. The lowest BCUT2D eigenvalue weighted by Crippen LogP contribution is -2.39. The normalized spacial score (nSPS) is 23.3. The SMILES string of the molecule is CC1CCCCC1NCCOc1ccc(F)cc1F. The Morgan fingerprint density at radius 2 is 2.05 bits per heavy atom. The van der Waals surface area contributed by atoms with E-state index in [0.717, 1.165) is 6.07 Å². The van der Waals surface area contributed by atoms with Gasteiger partial charge < -0.3 is 10.1 Å².